The molecule has 45 heteroatoms. The molecule has 1 radical (unpaired) electrons. The van der Waals surface area contributed by atoms with Gasteiger partial charge in [0, 0.05) is 122 Å². The molecule has 0 unspecified atom stereocenters. The maximum absolute atomic E-state index is 11.9. The standard InChI is InChI=1S/C12H20BrN3O3.C12H21N3O3.C7H12N2O4S.C7H10N2O3.C6H8N2O3.C6H10N2O2.C6H13NO2.CH4O.BHNS.Cl2OS/c1-12(2,3)19-11(17)15(4)7-8-9(13)10(18-6)16(5)14-8;1-12(2,3)18-11(16)14(4)8-9-7-10(17-6)15(5)13-9;1-9-7(12-2)4-6(8-9)5-13-14(3,10)11;1-9-6(11-2)4-5(8-9)7(10)12-3;1-8-5(11-2)3-4(7-8)6(9)10;1-8-6(10-2)3-5(4-9)7-8;1-6(2,3)9-5(8)7-4;1-2;1-2-3;1-4(2)3/h7H2,1-6H3;7H,8H2,1-6H3;4H,5H2,1-3H3;4H,1-3H3;3H,1-2H3,(H,9,10);3,9H,4H2,1-2H3;1-4H3,(H,7,8);2H,1H3;3H;. The molecule has 0 bridgehead atoms. The van der Waals surface area contributed by atoms with Crippen LogP contribution in [0.15, 0.2) is 39.1 Å². The molecule has 0 fully saturated rings. The number of carboxylic acids is 1. The van der Waals surface area contributed by atoms with Gasteiger partial charge in [-0.1, -0.05) is 0 Å². The molecule has 0 saturated carbocycles. The summed E-state index contributed by atoms with van der Waals surface area (Å²) in [5.74, 6) is 1.92. The Hall–Kier alpha value is -7.94. The van der Waals surface area contributed by atoms with Crippen molar-refractivity contribution in [2.24, 2.45) is 46.6 Å². The quantitative estimate of drug-likeness (QED) is 0.0172. The van der Waals surface area contributed by atoms with Crippen molar-refractivity contribution in [1.29, 1.82) is 0 Å². The van der Waals surface area contributed by atoms with Crippen LogP contribution in [0, 0.1) is 0 Å². The van der Waals surface area contributed by atoms with Crippen LogP contribution in [0.5, 0.6) is 35.3 Å². The van der Waals surface area contributed by atoms with E-state index in [0.29, 0.717) is 65.5 Å². The van der Waals surface area contributed by atoms with Crippen molar-refractivity contribution in [3.05, 3.63) is 69.0 Å². The van der Waals surface area contributed by atoms with Crippen LogP contribution in [0.4, 0.5) is 14.4 Å². The molecule has 4 N–H and O–H groups in total. The first-order valence-electron chi connectivity index (χ1n) is 28.9. The maximum atomic E-state index is 11.9. The Kier molecular flexibility index (Phi) is 49.7. The van der Waals surface area contributed by atoms with Gasteiger partial charge in [0.05, 0.1) is 92.8 Å². The summed E-state index contributed by atoms with van der Waals surface area (Å²) in [6.45, 7) is 17.1. The Balaban J connectivity index is -0.000000545. The molecule has 6 aromatic rings. The fourth-order valence-corrected chi connectivity index (χ4v) is 7.50. The van der Waals surface area contributed by atoms with Gasteiger partial charge in [-0.3, -0.25) is 4.18 Å². The van der Waals surface area contributed by atoms with Crippen molar-refractivity contribution in [2.45, 2.75) is 105 Å². The molecule has 6 aromatic heterocycles. The Morgan fingerprint density at radius 3 is 1.23 bits per heavy atom. The zero-order valence-corrected chi connectivity index (χ0v) is 68.1. The summed E-state index contributed by atoms with van der Waals surface area (Å²) in [4.78, 5) is 58.4. The summed E-state index contributed by atoms with van der Waals surface area (Å²) in [6.07, 6.45) is -0.147. The van der Waals surface area contributed by atoms with Crippen molar-refractivity contribution >= 4 is 107 Å². The Bertz CT molecular complexity index is 3600. The van der Waals surface area contributed by atoms with Gasteiger partial charge in [0.15, 0.2) is 11.4 Å². The zero-order valence-electron chi connectivity index (χ0n) is 62.5. The number of carboxylic acid groups (broad SMARTS) is 1. The van der Waals surface area contributed by atoms with Crippen molar-refractivity contribution in [2.75, 3.05) is 84.3 Å². The number of aliphatic hydroxyl groups is 2. The third kappa shape index (κ3) is 44.4. The molecule has 38 nitrogen and oxygen atoms in total. The van der Waals surface area contributed by atoms with Crippen molar-refractivity contribution in [1.82, 2.24) is 73.8 Å². The van der Waals surface area contributed by atoms with E-state index in [1.807, 2.05) is 62.3 Å². The van der Waals surface area contributed by atoms with Gasteiger partial charge < -0.3 is 77.8 Å². The van der Waals surface area contributed by atoms with Crippen molar-refractivity contribution in [3.8, 4) is 35.3 Å². The molecule has 0 saturated heterocycles. The van der Waals surface area contributed by atoms with Crippen LogP contribution in [0.25, 0.3) is 0 Å². The van der Waals surface area contributed by atoms with Gasteiger partial charge in [-0.05, 0) is 78.2 Å². The number of esters is 1. The van der Waals surface area contributed by atoms with E-state index in [9.17, 15) is 32.4 Å². The van der Waals surface area contributed by atoms with Gasteiger partial charge in [-0.2, -0.15) is 39.0 Å². The number of aliphatic hydroxyl groups excluding tert-OH is 2. The molecule has 0 aliphatic heterocycles. The minimum absolute atomic E-state index is 0.00986. The van der Waals surface area contributed by atoms with Crippen LogP contribution in [0.2, 0.25) is 0 Å². The number of nitrogens with one attached hydrogen (secondary N) is 1. The normalized spacial score (nSPS) is 10.3. The van der Waals surface area contributed by atoms with E-state index in [4.69, 9.17) is 62.2 Å². The minimum atomic E-state index is -3.42. The Morgan fingerprint density at radius 1 is 0.608 bits per heavy atom. The summed E-state index contributed by atoms with van der Waals surface area (Å²) >= 11 is 6.61. The fourth-order valence-electron chi connectivity index (χ4n) is 6.54. The van der Waals surface area contributed by atoms with E-state index in [1.165, 1.54) is 71.5 Å². The first-order valence-corrected chi connectivity index (χ1v) is 34.7. The van der Waals surface area contributed by atoms with E-state index < -0.39 is 42.5 Å². The summed E-state index contributed by atoms with van der Waals surface area (Å²) < 4.78 is 97.4. The van der Waals surface area contributed by atoms with Crippen molar-refractivity contribution in [3.63, 3.8) is 0 Å². The number of thiol groups is 1. The monoisotopic (exact) mass is 1620 g/mol. The summed E-state index contributed by atoms with van der Waals surface area (Å²) in [6, 6.07) is 7.99. The number of amides is 3. The number of rotatable bonds is 16. The molecule has 6 rings (SSSR count). The number of carbonyl (C=O) groups is 5. The molecule has 102 heavy (non-hydrogen) atoms. The number of methoxy groups -OCH3 is 7. The number of hydrogen-bond donors (Lipinski definition) is 5. The second-order valence-corrected chi connectivity index (χ2v) is 27.5. The number of carbonyl (C=O) groups excluding carboxylic acids is 4. The molecule has 3 amide bonds. The second-order valence-electron chi connectivity index (χ2n) is 22.3. The van der Waals surface area contributed by atoms with Crippen LogP contribution in [0.1, 0.15) is 106 Å². The third-order valence-corrected chi connectivity index (χ3v) is 11.9. The van der Waals surface area contributed by atoms with E-state index in [2.05, 4.69) is 107 Å². The summed E-state index contributed by atoms with van der Waals surface area (Å²) in [5.41, 5.74) is 1.45. The van der Waals surface area contributed by atoms with Crippen LogP contribution in [0.3, 0.4) is 0 Å². The molecule has 0 atom stereocenters. The van der Waals surface area contributed by atoms with Gasteiger partial charge >= 0.3 is 55.0 Å². The first-order chi connectivity index (χ1) is 47.0. The van der Waals surface area contributed by atoms with Crippen molar-refractivity contribution < 1.29 is 103 Å². The number of hydrogen-bond acceptors (Lipinski definition) is 29. The first kappa shape index (κ1) is 100. The number of ether oxygens (including phenoxy) is 10. The number of aromatic nitrogens is 12. The Morgan fingerprint density at radius 2 is 0.941 bits per heavy atom. The molecule has 581 valence electrons. The molecule has 0 spiro atoms. The van der Waals surface area contributed by atoms with Crippen LogP contribution < -0.4 is 33.7 Å². The van der Waals surface area contributed by atoms with E-state index >= 15 is 0 Å². The van der Waals surface area contributed by atoms with E-state index in [0.717, 1.165) is 23.5 Å². The van der Waals surface area contributed by atoms with Crippen LogP contribution in [-0.2, 0) is 111 Å². The van der Waals surface area contributed by atoms with Gasteiger partial charge in [0.2, 0.25) is 44.5 Å². The van der Waals surface area contributed by atoms with E-state index in [1.54, 1.807) is 110 Å². The number of aryl methyl sites for hydroxylation is 6. The molecular weight excluding hydrogens is 1520 g/mol. The fraction of sp³-hybridized carbons (Fsp3) is 0.596. The molecular formula is C57H99BBrCl2N16O22S3. The Labute approximate surface area is 621 Å². The number of nitrogens with zero attached hydrogens (tertiary/aromatic N) is 15. The average Bonchev–Trinajstić information content (AvgIpc) is 1.69. The van der Waals surface area contributed by atoms with Gasteiger partial charge in [-0.15, -0.1) is 0 Å². The number of halogens is 3. The average molecular weight is 1620 g/mol. The zero-order chi connectivity index (χ0) is 80.4. The number of alkyl carbamates (subject to hydrolysis) is 1. The predicted molar refractivity (Wildman–Crippen MR) is 386 cm³/mol. The number of aromatic carboxylic acids is 1. The van der Waals surface area contributed by atoms with Gasteiger partial charge in [0.1, 0.15) is 33.6 Å². The molecule has 6 heterocycles. The van der Waals surface area contributed by atoms with Crippen LogP contribution in [-0.4, -0.2) is 235 Å². The summed E-state index contributed by atoms with van der Waals surface area (Å²) in [5, 5.41) is 50.5. The predicted octanol–water partition coefficient (Wildman–Crippen LogP) is 6.50. The van der Waals surface area contributed by atoms with Crippen LogP contribution >= 0.6 is 50.1 Å². The third-order valence-electron chi connectivity index (χ3n) is 10.6. The van der Waals surface area contributed by atoms with Gasteiger partial charge in [-0.25, -0.2) is 56.3 Å². The molecule has 0 aromatic carbocycles. The molecule has 0 aliphatic rings. The summed E-state index contributed by atoms with van der Waals surface area (Å²) in [7, 11) is 35.0. The topological polar surface area (TPSA) is 437 Å². The van der Waals surface area contributed by atoms with Gasteiger partial charge in [0.25, 0.3) is 10.1 Å². The van der Waals surface area contributed by atoms with E-state index in [-0.39, 0.29) is 48.5 Å². The SMILES string of the molecule is CNC(=O)OC(C)(C)C.CO.COC(=O)c1cc(OC)n(C)n1.COc1c(Br)c(CN(C)C(=O)OC(C)(C)C)nn1C.COc1cc(C(=O)O)nn1C.COc1cc(CN(C)C(=O)OC(C)(C)C)nn1C.COc1cc(CO)nn1C.COc1cc(COS(C)(=O)=O)nn1C.O=S(Cl)Cl.[B]=NS. The molecule has 0 aliphatic carbocycles. The second kappa shape index (κ2) is 50.4.